The van der Waals surface area contributed by atoms with Crippen LogP contribution < -0.4 is 11.1 Å². The van der Waals surface area contributed by atoms with E-state index in [1.807, 2.05) is 0 Å². The Kier molecular flexibility index (Phi) is 3.87. The first-order chi connectivity index (χ1) is 6.74. The van der Waals surface area contributed by atoms with Crippen LogP contribution in [0.25, 0.3) is 0 Å². The van der Waals surface area contributed by atoms with Crippen LogP contribution in [-0.4, -0.2) is 28.8 Å². The number of nitrogens with zero attached hydrogens (tertiary/aromatic N) is 2. The van der Waals surface area contributed by atoms with E-state index in [-0.39, 0.29) is 5.91 Å². The van der Waals surface area contributed by atoms with Gasteiger partial charge in [-0.1, -0.05) is 12.2 Å². The maximum atomic E-state index is 11.4. The fraction of sp³-hybridized carbons (Fsp3) is 0.333. The Morgan fingerprint density at radius 1 is 1.71 bits per heavy atom. The largest absolute Gasteiger partial charge is 0.347 e. The Morgan fingerprint density at radius 3 is 3.07 bits per heavy atom. The zero-order valence-corrected chi connectivity index (χ0v) is 8.10. The highest BCUT2D eigenvalue weighted by Crippen LogP contribution is 1.92. The molecule has 0 spiro atoms. The van der Waals surface area contributed by atoms with Crippen LogP contribution >= 0.6 is 0 Å². The Hall–Kier alpha value is -1.62. The molecule has 0 aliphatic heterocycles. The number of rotatable bonds is 4. The predicted octanol–water partition coefficient (Wildman–Crippen LogP) is -0.335. The number of nitrogens with two attached hydrogens (primary N) is 1. The van der Waals surface area contributed by atoms with Crippen LogP contribution in [0.2, 0.25) is 0 Å². The van der Waals surface area contributed by atoms with Gasteiger partial charge in [-0.3, -0.25) is 9.48 Å². The Morgan fingerprint density at radius 2 is 2.50 bits per heavy atom. The van der Waals surface area contributed by atoms with Crippen molar-refractivity contribution in [3.63, 3.8) is 0 Å². The van der Waals surface area contributed by atoms with Crippen molar-refractivity contribution in [3.8, 4) is 0 Å². The number of hydrogen-bond acceptors (Lipinski definition) is 3. The van der Waals surface area contributed by atoms with Gasteiger partial charge >= 0.3 is 0 Å². The van der Waals surface area contributed by atoms with Crippen LogP contribution in [0.5, 0.6) is 0 Å². The van der Waals surface area contributed by atoms with E-state index in [0.717, 1.165) is 0 Å². The topological polar surface area (TPSA) is 72.9 Å². The van der Waals surface area contributed by atoms with Crippen molar-refractivity contribution < 1.29 is 4.79 Å². The SMILES string of the molecule is Cn1ccc(C(=O)NC/C=C/CN)n1. The molecule has 5 nitrogen and oxygen atoms in total. The first kappa shape index (κ1) is 10.5. The molecule has 76 valence electrons. The molecule has 0 aliphatic carbocycles. The van der Waals surface area contributed by atoms with Gasteiger partial charge in [-0.15, -0.1) is 0 Å². The minimum atomic E-state index is -0.174. The van der Waals surface area contributed by atoms with Crippen LogP contribution in [0.4, 0.5) is 0 Å². The Bertz CT molecular complexity index is 329. The molecule has 5 heteroatoms. The molecule has 0 saturated heterocycles. The summed E-state index contributed by atoms with van der Waals surface area (Å²) in [7, 11) is 1.77. The fourth-order valence-electron chi connectivity index (χ4n) is 0.958. The van der Waals surface area contributed by atoms with E-state index in [4.69, 9.17) is 5.73 Å². The van der Waals surface area contributed by atoms with Gasteiger partial charge in [0.05, 0.1) is 0 Å². The molecule has 0 unspecified atom stereocenters. The van der Waals surface area contributed by atoms with Crippen LogP contribution in [-0.2, 0) is 7.05 Å². The summed E-state index contributed by atoms with van der Waals surface area (Å²) in [6, 6.07) is 1.67. The molecule has 3 N–H and O–H groups in total. The van der Waals surface area contributed by atoms with Crippen molar-refractivity contribution in [1.82, 2.24) is 15.1 Å². The van der Waals surface area contributed by atoms with Gasteiger partial charge < -0.3 is 11.1 Å². The first-order valence-electron chi connectivity index (χ1n) is 4.37. The summed E-state index contributed by atoms with van der Waals surface area (Å²) in [5, 5.41) is 6.66. The number of hydrogen-bond donors (Lipinski definition) is 2. The van der Waals surface area contributed by atoms with Gasteiger partial charge in [0, 0.05) is 26.3 Å². The molecule has 1 rings (SSSR count). The van der Waals surface area contributed by atoms with Gasteiger partial charge in [-0.2, -0.15) is 5.10 Å². The average Bonchev–Trinajstić information content (AvgIpc) is 2.59. The molecule has 0 radical (unpaired) electrons. The number of nitrogens with one attached hydrogen (secondary N) is 1. The molecule has 0 saturated carbocycles. The molecule has 0 aromatic carbocycles. The predicted molar refractivity (Wildman–Crippen MR) is 53.7 cm³/mol. The third-order valence-electron chi connectivity index (χ3n) is 1.63. The van der Waals surface area contributed by atoms with Gasteiger partial charge in [-0.05, 0) is 6.07 Å². The highest BCUT2D eigenvalue weighted by atomic mass is 16.1. The molecule has 14 heavy (non-hydrogen) atoms. The highest BCUT2D eigenvalue weighted by molar-refractivity contribution is 5.92. The van der Waals surface area contributed by atoms with E-state index in [1.54, 1.807) is 36.1 Å². The summed E-state index contributed by atoms with van der Waals surface area (Å²) in [6.07, 6.45) is 5.32. The molecular weight excluding hydrogens is 180 g/mol. The molecule has 1 amide bonds. The highest BCUT2D eigenvalue weighted by Gasteiger charge is 2.05. The smallest absolute Gasteiger partial charge is 0.272 e. The van der Waals surface area contributed by atoms with Crippen molar-refractivity contribution in [1.29, 1.82) is 0 Å². The average molecular weight is 194 g/mol. The minimum absolute atomic E-state index is 0.174. The number of amides is 1. The lowest BCUT2D eigenvalue weighted by atomic mass is 10.4. The van der Waals surface area contributed by atoms with E-state index >= 15 is 0 Å². The standard InChI is InChI=1S/C9H14N4O/c1-13-7-4-8(12-13)9(14)11-6-3-2-5-10/h2-4,7H,5-6,10H2,1H3,(H,11,14)/b3-2+. The number of carbonyl (C=O) groups is 1. The second kappa shape index (κ2) is 5.18. The summed E-state index contributed by atoms with van der Waals surface area (Å²) in [6.45, 7) is 0.964. The van der Waals surface area contributed by atoms with Crippen molar-refractivity contribution in [3.05, 3.63) is 30.1 Å². The maximum absolute atomic E-state index is 11.4. The zero-order valence-electron chi connectivity index (χ0n) is 8.10. The summed E-state index contributed by atoms with van der Waals surface area (Å²) >= 11 is 0. The van der Waals surface area contributed by atoms with Gasteiger partial charge in [0.25, 0.3) is 5.91 Å². The van der Waals surface area contributed by atoms with Crippen molar-refractivity contribution in [2.45, 2.75) is 0 Å². The summed E-state index contributed by atoms with van der Waals surface area (Å²) in [5.41, 5.74) is 5.67. The van der Waals surface area contributed by atoms with Crippen LogP contribution in [0.3, 0.4) is 0 Å². The first-order valence-corrected chi connectivity index (χ1v) is 4.37. The lowest BCUT2D eigenvalue weighted by Crippen LogP contribution is -2.24. The zero-order chi connectivity index (χ0) is 10.4. The number of aryl methyl sites for hydroxylation is 1. The summed E-state index contributed by atoms with van der Waals surface area (Å²) < 4.78 is 1.59. The van der Waals surface area contributed by atoms with Gasteiger partial charge in [0.1, 0.15) is 5.69 Å². The molecule has 1 heterocycles. The number of carbonyl (C=O) groups excluding carboxylic acids is 1. The molecule has 0 aliphatic rings. The minimum Gasteiger partial charge on any atom is -0.347 e. The van der Waals surface area contributed by atoms with E-state index < -0.39 is 0 Å². The van der Waals surface area contributed by atoms with E-state index in [2.05, 4.69) is 10.4 Å². The van der Waals surface area contributed by atoms with E-state index in [1.165, 1.54) is 0 Å². The van der Waals surface area contributed by atoms with Crippen molar-refractivity contribution >= 4 is 5.91 Å². The second-order valence-electron chi connectivity index (χ2n) is 2.79. The normalized spacial score (nSPS) is 10.7. The fourth-order valence-corrected chi connectivity index (χ4v) is 0.958. The van der Waals surface area contributed by atoms with Crippen molar-refractivity contribution in [2.75, 3.05) is 13.1 Å². The quantitative estimate of drug-likeness (QED) is 0.644. The summed E-state index contributed by atoms with van der Waals surface area (Å²) in [5.74, 6) is -0.174. The van der Waals surface area contributed by atoms with Crippen LogP contribution in [0.15, 0.2) is 24.4 Å². The van der Waals surface area contributed by atoms with Gasteiger partial charge in [0.2, 0.25) is 0 Å². The molecule has 0 atom stereocenters. The second-order valence-corrected chi connectivity index (χ2v) is 2.79. The maximum Gasteiger partial charge on any atom is 0.272 e. The molecular formula is C9H14N4O. The van der Waals surface area contributed by atoms with Crippen LogP contribution in [0, 0.1) is 0 Å². The van der Waals surface area contributed by atoms with E-state index in [0.29, 0.717) is 18.8 Å². The van der Waals surface area contributed by atoms with Gasteiger partial charge in [-0.25, -0.2) is 0 Å². The molecule has 0 fully saturated rings. The number of aromatic nitrogens is 2. The third kappa shape index (κ3) is 3.02. The molecule has 0 bridgehead atoms. The van der Waals surface area contributed by atoms with E-state index in [9.17, 15) is 4.79 Å². The van der Waals surface area contributed by atoms with Gasteiger partial charge in [0.15, 0.2) is 0 Å². The Labute approximate surface area is 82.6 Å². The summed E-state index contributed by atoms with van der Waals surface area (Å²) in [4.78, 5) is 11.4. The third-order valence-corrected chi connectivity index (χ3v) is 1.63. The lowest BCUT2D eigenvalue weighted by Gasteiger charge is -1.97. The monoisotopic (exact) mass is 194 g/mol. The lowest BCUT2D eigenvalue weighted by molar-refractivity contribution is 0.0952. The molecule has 1 aromatic rings. The molecule has 1 aromatic heterocycles. The van der Waals surface area contributed by atoms with Crippen LogP contribution in [0.1, 0.15) is 10.5 Å². The Balaban J connectivity index is 2.39. The van der Waals surface area contributed by atoms with Crippen molar-refractivity contribution in [2.24, 2.45) is 12.8 Å².